The van der Waals surface area contributed by atoms with E-state index in [1.807, 2.05) is 42.8 Å². The van der Waals surface area contributed by atoms with Crippen molar-refractivity contribution in [1.82, 2.24) is 15.0 Å². The summed E-state index contributed by atoms with van der Waals surface area (Å²) in [5, 5.41) is 6.55. The molecule has 0 aliphatic heterocycles. The van der Waals surface area contributed by atoms with Crippen molar-refractivity contribution in [3.8, 4) is 0 Å². The van der Waals surface area contributed by atoms with E-state index in [-0.39, 0.29) is 6.04 Å². The van der Waals surface area contributed by atoms with Crippen LogP contribution in [-0.4, -0.2) is 15.0 Å². The van der Waals surface area contributed by atoms with Gasteiger partial charge in [0.2, 0.25) is 0 Å². The Balaban J connectivity index is 1.97. The van der Waals surface area contributed by atoms with Crippen LogP contribution in [0.3, 0.4) is 0 Å². The van der Waals surface area contributed by atoms with Gasteiger partial charge in [-0.25, -0.2) is 15.0 Å². The molecule has 0 spiro atoms. The summed E-state index contributed by atoms with van der Waals surface area (Å²) in [6.45, 7) is 6.21. The number of hydrogen-bond donors (Lipinski definition) is 1. The molecule has 4 nitrogen and oxygen atoms in total. The summed E-state index contributed by atoms with van der Waals surface area (Å²) in [5.74, 6) is 1.99. The quantitative estimate of drug-likeness (QED) is 0.747. The average Bonchev–Trinajstić information content (AvgIpc) is 3.07. The van der Waals surface area contributed by atoms with Gasteiger partial charge in [-0.1, -0.05) is 44.2 Å². The van der Waals surface area contributed by atoms with Crippen molar-refractivity contribution < 1.29 is 0 Å². The van der Waals surface area contributed by atoms with Crippen LogP contribution in [0.2, 0.25) is 0 Å². The van der Waals surface area contributed by atoms with E-state index < -0.39 is 0 Å². The van der Waals surface area contributed by atoms with Gasteiger partial charge in [-0.05, 0) is 12.5 Å². The van der Waals surface area contributed by atoms with Gasteiger partial charge in [0.1, 0.15) is 22.7 Å². The Bertz CT molecular complexity index is 754. The van der Waals surface area contributed by atoms with E-state index in [1.165, 1.54) is 5.56 Å². The number of rotatable bonds is 5. The Morgan fingerprint density at radius 1 is 1.09 bits per heavy atom. The molecule has 5 heteroatoms. The van der Waals surface area contributed by atoms with E-state index >= 15 is 0 Å². The van der Waals surface area contributed by atoms with E-state index in [9.17, 15) is 0 Å². The van der Waals surface area contributed by atoms with Gasteiger partial charge >= 0.3 is 0 Å². The van der Waals surface area contributed by atoms with Crippen LogP contribution in [0.4, 0.5) is 5.82 Å². The minimum Gasteiger partial charge on any atom is -0.357 e. The van der Waals surface area contributed by atoms with Crippen LogP contribution >= 0.6 is 11.3 Å². The summed E-state index contributed by atoms with van der Waals surface area (Å²) in [7, 11) is 0. The average molecular weight is 324 g/mol. The van der Waals surface area contributed by atoms with Gasteiger partial charge in [0.05, 0.1) is 0 Å². The van der Waals surface area contributed by atoms with Crippen molar-refractivity contribution in [2.45, 2.75) is 32.7 Å². The van der Waals surface area contributed by atoms with Gasteiger partial charge in [0.25, 0.3) is 0 Å². The molecule has 0 bridgehead atoms. The number of aryl methyl sites for hydroxylation is 1. The molecule has 23 heavy (non-hydrogen) atoms. The van der Waals surface area contributed by atoms with Crippen molar-refractivity contribution in [1.29, 1.82) is 0 Å². The molecule has 1 unspecified atom stereocenters. The zero-order valence-corrected chi connectivity index (χ0v) is 14.3. The van der Waals surface area contributed by atoms with E-state index in [0.29, 0.717) is 5.92 Å². The molecule has 0 aliphatic carbocycles. The van der Waals surface area contributed by atoms with Crippen LogP contribution in [0.25, 0.3) is 0 Å². The first-order valence-corrected chi connectivity index (χ1v) is 8.58. The smallest absolute Gasteiger partial charge is 0.133 e. The third-order valence-electron chi connectivity index (χ3n) is 3.51. The predicted octanol–water partition coefficient (Wildman–Crippen LogP) is 4.57. The zero-order chi connectivity index (χ0) is 16.2. The molecule has 0 amide bonds. The highest BCUT2D eigenvalue weighted by Gasteiger charge is 2.18. The first-order valence-electron chi connectivity index (χ1n) is 7.70. The molecule has 0 radical (unpaired) electrons. The van der Waals surface area contributed by atoms with Crippen LogP contribution in [-0.2, 0) is 0 Å². The Morgan fingerprint density at radius 2 is 1.87 bits per heavy atom. The van der Waals surface area contributed by atoms with E-state index in [1.54, 1.807) is 11.3 Å². The lowest BCUT2D eigenvalue weighted by atomic mass is 10.1. The molecule has 1 atom stereocenters. The predicted molar refractivity (Wildman–Crippen MR) is 94.9 cm³/mol. The number of thiazole rings is 1. The molecule has 2 heterocycles. The second kappa shape index (κ2) is 6.87. The molecule has 1 aromatic carbocycles. The SMILES string of the molecule is Cc1cc(NC(c2ccccc2)c2nccs2)nc(C(C)C)n1. The van der Waals surface area contributed by atoms with Gasteiger partial charge in [-0.3, -0.25) is 0 Å². The summed E-state index contributed by atoms with van der Waals surface area (Å²) in [4.78, 5) is 13.7. The molecular weight excluding hydrogens is 304 g/mol. The van der Waals surface area contributed by atoms with Crippen molar-refractivity contribution in [2.75, 3.05) is 5.32 Å². The lowest BCUT2D eigenvalue weighted by molar-refractivity contribution is 0.763. The summed E-state index contributed by atoms with van der Waals surface area (Å²) in [5.41, 5.74) is 2.14. The number of nitrogens with one attached hydrogen (secondary N) is 1. The zero-order valence-electron chi connectivity index (χ0n) is 13.5. The lowest BCUT2D eigenvalue weighted by Crippen LogP contribution is -2.14. The molecule has 3 rings (SSSR count). The highest BCUT2D eigenvalue weighted by Crippen LogP contribution is 2.28. The first kappa shape index (κ1) is 15.6. The highest BCUT2D eigenvalue weighted by atomic mass is 32.1. The maximum absolute atomic E-state index is 4.66. The monoisotopic (exact) mass is 324 g/mol. The number of anilines is 1. The van der Waals surface area contributed by atoms with Gasteiger partial charge in [0, 0.05) is 29.3 Å². The Labute approximate surface area is 140 Å². The van der Waals surface area contributed by atoms with E-state index in [2.05, 4.69) is 46.2 Å². The molecule has 118 valence electrons. The summed E-state index contributed by atoms with van der Waals surface area (Å²) in [6, 6.07) is 12.3. The molecule has 0 aliphatic rings. The number of nitrogens with zero attached hydrogens (tertiary/aromatic N) is 3. The first-order chi connectivity index (χ1) is 11.1. The molecule has 3 aromatic rings. The maximum Gasteiger partial charge on any atom is 0.133 e. The third-order valence-corrected chi connectivity index (χ3v) is 4.35. The standard InChI is InChI=1S/C18H20N4S/c1-12(2)17-20-13(3)11-15(22-17)21-16(18-19-9-10-23-18)14-7-5-4-6-8-14/h4-12,16H,1-3H3,(H,20,21,22). The summed E-state index contributed by atoms with van der Waals surface area (Å²) < 4.78 is 0. The minimum absolute atomic E-state index is 0.00878. The van der Waals surface area contributed by atoms with Crippen LogP contribution in [0.1, 0.15) is 47.9 Å². The van der Waals surface area contributed by atoms with Gasteiger partial charge in [0.15, 0.2) is 0 Å². The van der Waals surface area contributed by atoms with E-state index in [4.69, 9.17) is 0 Å². The second-order valence-corrected chi connectivity index (χ2v) is 6.69. The number of aromatic nitrogens is 3. The Morgan fingerprint density at radius 3 is 2.52 bits per heavy atom. The minimum atomic E-state index is -0.00878. The fourth-order valence-electron chi connectivity index (χ4n) is 2.38. The van der Waals surface area contributed by atoms with Gasteiger partial charge < -0.3 is 5.32 Å². The molecule has 1 N–H and O–H groups in total. The van der Waals surface area contributed by atoms with Crippen molar-refractivity contribution in [3.05, 3.63) is 70.1 Å². The molecule has 0 fully saturated rings. The lowest BCUT2D eigenvalue weighted by Gasteiger charge is -2.19. The van der Waals surface area contributed by atoms with Crippen molar-refractivity contribution in [2.24, 2.45) is 0 Å². The van der Waals surface area contributed by atoms with Crippen molar-refractivity contribution >= 4 is 17.2 Å². The number of hydrogen-bond acceptors (Lipinski definition) is 5. The van der Waals surface area contributed by atoms with Gasteiger partial charge in [-0.15, -0.1) is 11.3 Å². The van der Waals surface area contributed by atoms with Crippen molar-refractivity contribution in [3.63, 3.8) is 0 Å². The number of benzene rings is 1. The molecule has 0 saturated carbocycles. The van der Waals surface area contributed by atoms with Crippen LogP contribution in [0, 0.1) is 6.92 Å². The largest absolute Gasteiger partial charge is 0.357 e. The summed E-state index contributed by atoms with van der Waals surface area (Å²) >= 11 is 1.64. The topological polar surface area (TPSA) is 50.7 Å². The van der Waals surface area contributed by atoms with E-state index in [0.717, 1.165) is 22.3 Å². The highest BCUT2D eigenvalue weighted by molar-refractivity contribution is 7.09. The van der Waals surface area contributed by atoms with Gasteiger partial charge in [-0.2, -0.15) is 0 Å². The third kappa shape index (κ3) is 3.74. The molecular formula is C18H20N4S. The Kier molecular flexibility index (Phi) is 4.67. The molecule has 2 aromatic heterocycles. The maximum atomic E-state index is 4.66. The molecule has 0 saturated heterocycles. The Hall–Kier alpha value is -2.27. The van der Waals surface area contributed by atoms with Crippen LogP contribution in [0.15, 0.2) is 48.0 Å². The second-order valence-electron chi connectivity index (χ2n) is 5.77. The summed E-state index contributed by atoms with van der Waals surface area (Å²) in [6.07, 6.45) is 1.84. The van der Waals surface area contributed by atoms with Crippen LogP contribution in [0.5, 0.6) is 0 Å². The fraction of sp³-hybridized carbons (Fsp3) is 0.278. The fourth-order valence-corrected chi connectivity index (χ4v) is 3.10. The normalized spacial score (nSPS) is 12.3. The van der Waals surface area contributed by atoms with Crippen LogP contribution < -0.4 is 5.32 Å².